The summed E-state index contributed by atoms with van der Waals surface area (Å²) in [4.78, 5) is 44.0. The minimum atomic E-state index is -3.92. The van der Waals surface area contributed by atoms with Crippen LogP contribution in [0.15, 0.2) is 59.0 Å². The maximum atomic E-state index is 14.2. The zero-order chi connectivity index (χ0) is 28.7. The fraction of sp³-hybridized carbons (Fsp3) is 0.393. The summed E-state index contributed by atoms with van der Waals surface area (Å²) in [7, 11) is -2.41. The standard InChI is InChI=1S/C28H31N3O8S/c1-3-30-22-11-5-4-10-21(22)28(27(30)35)23(25(33)26(34)31(28)12-7-15-38-2)24(32)19-8-6-9-20(18-19)40(36,37)29-13-16-39-17-14-29/h4-6,8-11,18,32H,3,7,12-17H2,1-2H3/b24-23+. The number of morpholine rings is 1. The number of hydrogen-bond acceptors (Lipinski definition) is 8. The van der Waals surface area contributed by atoms with Gasteiger partial charge in [0.05, 0.1) is 29.4 Å². The number of para-hydroxylation sites is 1. The SMILES string of the molecule is CCN1C(=O)C2(/C(=C(/O)c3cccc(S(=O)(=O)N4CCOCC4)c3)C(=O)C(=O)N2CCCOC)c2ccccc21. The molecule has 1 unspecified atom stereocenters. The highest BCUT2D eigenvalue weighted by Gasteiger charge is 2.66. The van der Waals surface area contributed by atoms with Gasteiger partial charge in [-0.15, -0.1) is 0 Å². The lowest BCUT2D eigenvalue weighted by atomic mass is 9.82. The third-order valence-electron chi connectivity index (χ3n) is 7.57. The highest BCUT2D eigenvalue weighted by molar-refractivity contribution is 7.89. The summed E-state index contributed by atoms with van der Waals surface area (Å²) in [6.45, 7) is 3.27. The topological polar surface area (TPSA) is 134 Å². The molecule has 12 heteroatoms. The van der Waals surface area contributed by atoms with Crippen molar-refractivity contribution in [2.75, 3.05) is 58.0 Å². The molecule has 2 aromatic rings. The van der Waals surface area contributed by atoms with E-state index in [-0.39, 0.29) is 62.0 Å². The number of benzene rings is 2. The number of carbonyl (C=O) groups is 3. The Morgan fingerprint density at radius 2 is 1.80 bits per heavy atom. The van der Waals surface area contributed by atoms with Gasteiger partial charge < -0.3 is 24.4 Å². The molecule has 1 N–H and O–H groups in total. The molecule has 2 saturated heterocycles. The lowest BCUT2D eigenvalue weighted by Gasteiger charge is -2.34. The maximum absolute atomic E-state index is 14.2. The fourth-order valence-corrected chi connectivity index (χ4v) is 7.19. The molecular formula is C28H31N3O8S. The van der Waals surface area contributed by atoms with Crippen LogP contribution < -0.4 is 4.90 Å². The highest BCUT2D eigenvalue weighted by atomic mass is 32.2. The van der Waals surface area contributed by atoms with E-state index in [4.69, 9.17) is 9.47 Å². The summed E-state index contributed by atoms with van der Waals surface area (Å²) in [5.41, 5.74) is -1.36. The van der Waals surface area contributed by atoms with Crippen molar-refractivity contribution < 1.29 is 37.4 Å². The van der Waals surface area contributed by atoms with Crippen LogP contribution in [0.2, 0.25) is 0 Å². The first-order valence-electron chi connectivity index (χ1n) is 13.1. The maximum Gasteiger partial charge on any atom is 0.296 e. The fourth-order valence-electron chi connectivity index (χ4n) is 5.73. The van der Waals surface area contributed by atoms with Crippen LogP contribution >= 0.6 is 0 Å². The van der Waals surface area contributed by atoms with Gasteiger partial charge in [-0.1, -0.05) is 30.3 Å². The van der Waals surface area contributed by atoms with E-state index in [0.29, 0.717) is 17.7 Å². The van der Waals surface area contributed by atoms with Crippen LogP contribution in [-0.2, 0) is 39.4 Å². The van der Waals surface area contributed by atoms with Gasteiger partial charge in [0.2, 0.25) is 10.0 Å². The van der Waals surface area contributed by atoms with Crippen molar-refractivity contribution in [1.82, 2.24) is 9.21 Å². The van der Waals surface area contributed by atoms with Crippen molar-refractivity contribution >= 4 is 39.1 Å². The molecule has 40 heavy (non-hydrogen) atoms. The zero-order valence-corrected chi connectivity index (χ0v) is 23.1. The second-order valence-electron chi connectivity index (χ2n) is 9.68. The van der Waals surface area contributed by atoms with Crippen LogP contribution in [0.25, 0.3) is 5.76 Å². The number of Topliss-reactive ketones (excluding diaryl/α,β-unsaturated/α-hetero) is 1. The molecule has 2 aromatic carbocycles. The molecular weight excluding hydrogens is 538 g/mol. The van der Waals surface area contributed by atoms with Crippen LogP contribution in [0.3, 0.4) is 0 Å². The van der Waals surface area contributed by atoms with E-state index in [1.54, 1.807) is 31.2 Å². The van der Waals surface area contributed by atoms with Crippen molar-refractivity contribution in [3.05, 3.63) is 65.2 Å². The molecule has 2 fully saturated rings. The molecule has 0 bridgehead atoms. The predicted molar refractivity (Wildman–Crippen MR) is 145 cm³/mol. The molecule has 0 saturated carbocycles. The normalized spacial score (nSPS) is 22.9. The Morgan fingerprint density at radius 1 is 1.07 bits per heavy atom. The third kappa shape index (κ3) is 4.14. The number of methoxy groups -OCH3 is 1. The third-order valence-corrected chi connectivity index (χ3v) is 9.47. The van der Waals surface area contributed by atoms with E-state index in [1.807, 2.05) is 0 Å². The van der Waals surface area contributed by atoms with Gasteiger partial charge in [0, 0.05) is 51.0 Å². The number of aliphatic hydroxyl groups is 1. The van der Waals surface area contributed by atoms with E-state index in [9.17, 15) is 27.9 Å². The molecule has 0 aromatic heterocycles. The van der Waals surface area contributed by atoms with Crippen molar-refractivity contribution in [1.29, 1.82) is 0 Å². The van der Waals surface area contributed by atoms with Gasteiger partial charge in [0.1, 0.15) is 5.76 Å². The largest absolute Gasteiger partial charge is 0.507 e. The van der Waals surface area contributed by atoms with E-state index < -0.39 is 38.9 Å². The molecule has 3 aliphatic heterocycles. The van der Waals surface area contributed by atoms with Crippen LogP contribution in [0.4, 0.5) is 5.69 Å². The van der Waals surface area contributed by atoms with Crippen molar-refractivity contribution in [3.63, 3.8) is 0 Å². The molecule has 5 rings (SSSR count). The zero-order valence-electron chi connectivity index (χ0n) is 22.3. The highest BCUT2D eigenvalue weighted by Crippen LogP contribution is 2.53. The number of rotatable bonds is 8. The van der Waals surface area contributed by atoms with Crippen molar-refractivity contribution in [2.45, 2.75) is 23.8 Å². The molecule has 3 heterocycles. The van der Waals surface area contributed by atoms with Gasteiger partial charge in [-0.05, 0) is 31.5 Å². The van der Waals surface area contributed by atoms with Crippen LogP contribution in [0.5, 0.6) is 0 Å². The van der Waals surface area contributed by atoms with E-state index in [1.165, 1.54) is 45.5 Å². The molecule has 2 amide bonds. The Hall–Kier alpha value is -3.58. The summed E-state index contributed by atoms with van der Waals surface area (Å²) in [5.74, 6) is -3.09. The number of ether oxygens (including phenoxy) is 2. The van der Waals surface area contributed by atoms with Gasteiger partial charge in [0.25, 0.3) is 17.6 Å². The number of nitrogens with zero attached hydrogens (tertiary/aromatic N) is 3. The summed E-state index contributed by atoms with van der Waals surface area (Å²) in [6, 6.07) is 12.4. The number of amides is 2. The average molecular weight is 570 g/mol. The molecule has 3 aliphatic rings. The molecule has 212 valence electrons. The smallest absolute Gasteiger partial charge is 0.296 e. The lowest BCUT2D eigenvalue weighted by molar-refractivity contribution is -0.143. The number of anilines is 1. The Morgan fingerprint density at radius 3 is 2.50 bits per heavy atom. The monoisotopic (exact) mass is 569 g/mol. The first-order valence-corrected chi connectivity index (χ1v) is 14.5. The number of ketones is 1. The molecule has 0 aliphatic carbocycles. The number of fused-ring (bicyclic) bond motifs is 2. The van der Waals surface area contributed by atoms with Gasteiger partial charge in [-0.2, -0.15) is 4.31 Å². The van der Waals surface area contributed by atoms with Crippen molar-refractivity contribution in [2.24, 2.45) is 0 Å². The summed E-state index contributed by atoms with van der Waals surface area (Å²) >= 11 is 0. The van der Waals surface area contributed by atoms with Crippen LogP contribution in [-0.4, -0.2) is 93.4 Å². The second-order valence-corrected chi connectivity index (χ2v) is 11.6. The molecule has 1 spiro atoms. The van der Waals surface area contributed by atoms with Crippen LogP contribution in [0, 0.1) is 0 Å². The van der Waals surface area contributed by atoms with E-state index in [2.05, 4.69) is 0 Å². The minimum Gasteiger partial charge on any atom is -0.507 e. The van der Waals surface area contributed by atoms with E-state index >= 15 is 0 Å². The number of likely N-dealkylation sites (N-methyl/N-ethyl adjacent to an activating group) is 1. The molecule has 0 radical (unpaired) electrons. The first kappa shape index (κ1) is 28.0. The number of carbonyl (C=O) groups excluding carboxylic acids is 3. The summed E-state index contributed by atoms with van der Waals surface area (Å²) in [6.07, 6.45) is 0.347. The Labute approximate surface area is 232 Å². The molecule has 11 nitrogen and oxygen atoms in total. The van der Waals surface area contributed by atoms with Gasteiger partial charge >= 0.3 is 0 Å². The van der Waals surface area contributed by atoms with Gasteiger partial charge in [-0.25, -0.2) is 8.42 Å². The Balaban J connectivity index is 1.71. The number of likely N-dealkylation sites (tertiary alicyclic amines) is 1. The minimum absolute atomic E-state index is 0.00355. The van der Waals surface area contributed by atoms with Gasteiger partial charge in [0.15, 0.2) is 5.54 Å². The Kier molecular flexibility index (Phi) is 7.53. The predicted octanol–water partition coefficient (Wildman–Crippen LogP) is 1.69. The average Bonchev–Trinajstić information content (AvgIpc) is 3.35. The Bertz CT molecular complexity index is 1500. The first-order chi connectivity index (χ1) is 19.2. The second kappa shape index (κ2) is 10.8. The quantitative estimate of drug-likeness (QED) is 0.220. The number of aliphatic hydroxyl groups excluding tert-OH is 1. The number of sulfonamides is 1. The lowest BCUT2D eigenvalue weighted by Crippen LogP contribution is -2.52. The van der Waals surface area contributed by atoms with Crippen LogP contribution in [0.1, 0.15) is 24.5 Å². The molecule has 1 atom stereocenters. The number of hydrogen-bond donors (Lipinski definition) is 1. The van der Waals surface area contributed by atoms with Gasteiger partial charge in [-0.3, -0.25) is 14.4 Å². The summed E-state index contributed by atoms with van der Waals surface area (Å²) in [5, 5.41) is 11.7. The van der Waals surface area contributed by atoms with E-state index in [0.717, 1.165) is 0 Å². The van der Waals surface area contributed by atoms with Crippen molar-refractivity contribution in [3.8, 4) is 0 Å². The summed E-state index contributed by atoms with van der Waals surface area (Å²) < 4.78 is 38.3.